The van der Waals surface area contributed by atoms with Crippen LogP contribution >= 0.6 is 0 Å². The first-order chi connectivity index (χ1) is 6.36. The van der Waals surface area contributed by atoms with Crippen molar-refractivity contribution in [1.82, 2.24) is 4.31 Å². The fraction of sp³-hybridized carbons (Fsp3) is 0.750. The molecule has 0 N–H and O–H groups in total. The van der Waals surface area contributed by atoms with E-state index in [1.54, 1.807) is 13.0 Å². The van der Waals surface area contributed by atoms with E-state index in [-0.39, 0.29) is 12.5 Å². The zero-order valence-electron chi connectivity index (χ0n) is 8.43. The first kappa shape index (κ1) is 12.9. The summed E-state index contributed by atoms with van der Waals surface area (Å²) >= 11 is 0. The Balaban J connectivity index is 4.64. The molecule has 0 aromatic carbocycles. The Bertz CT molecular complexity index is 363. The molecule has 0 rings (SSSR count). The average molecular weight is 215 g/mol. The second-order valence-corrected chi connectivity index (χ2v) is 5.49. The lowest BCUT2D eigenvalue weighted by atomic mass is 10.2. The lowest BCUT2D eigenvalue weighted by molar-refractivity contribution is 0.436. The van der Waals surface area contributed by atoms with Gasteiger partial charge >= 0.3 is 0 Å². The third-order valence-corrected chi connectivity index (χ3v) is 3.83. The molecule has 6 heteroatoms. The largest absolute Gasteiger partial charge is 0.229 e. The summed E-state index contributed by atoms with van der Waals surface area (Å²) in [6.45, 7) is 3.07. The van der Waals surface area contributed by atoms with Gasteiger partial charge in [0.15, 0.2) is 5.25 Å². The molecule has 2 atom stereocenters. The summed E-state index contributed by atoms with van der Waals surface area (Å²) in [4.78, 5) is 0. The Morgan fingerprint density at radius 2 is 1.79 bits per heavy atom. The SMILES string of the molecule is CC(C#N)CN(C)S(=O)(=O)C(C)C#N. The number of sulfonamides is 1. The van der Waals surface area contributed by atoms with Crippen molar-refractivity contribution in [3.05, 3.63) is 0 Å². The molecule has 0 aliphatic rings. The van der Waals surface area contributed by atoms with Crippen molar-refractivity contribution in [3.63, 3.8) is 0 Å². The Hall–Kier alpha value is -1.11. The molecule has 0 aliphatic heterocycles. The monoisotopic (exact) mass is 215 g/mol. The fourth-order valence-electron chi connectivity index (χ4n) is 0.867. The van der Waals surface area contributed by atoms with Gasteiger partial charge in [0.2, 0.25) is 10.0 Å². The first-order valence-electron chi connectivity index (χ1n) is 4.10. The van der Waals surface area contributed by atoms with Gasteiger partial charge in [-0.05, 0) is 13.8 Å². The smallest absolute Gasteiger partial charge is 0.211 e. The number of nitriles is 2. The molecular formula is C8H13N3O2S. The molecule has 0 radical (unpaired) electrons. The van der Waals surface area contributed by atoms with E-state index in [0.29, 0.717) is 0 Å². The molecule has 0 aliphatic carbocycles. The molecule has 78 valence electrons. The normalized spacial score (nSPS) is 15.6. The van der Waals surface area contributed by atoms with E-state index in [2.05, 4.69) is 0 Å². The lowest BCUT2D eigenvalue weighted by Gasteiger charge is -2.19. The van der Waals surface area contributed by atoms with Gasteiger partial charge in [-0.3, -0.25) is 0 Å². The zero-order valence-corrected chi connectivity index (χ0v) is 9.24. The summed E-state index contributed by atoms with van der Waals surface area (Å²) < 4.78 is 24.1. The molecular weight excluding hydrogens is 202 g/mol. The lowest BCUT2D eigenvalue weighted by Crippen LogP contribution is -2.36. The van der Waals surface area contributed by atoms with Gasteiger partial charge in [0.1, 0.15) is 0 Å². The van der Waals surface area contributed by atoms with Gasteiger partial charge < -0.3 is 0 Å². The van der Waals surface area contributed by atoms with E-state index in [1.165, 1.54) is 14.0 Å². The van der Waals surface area contributed by atoms with Crippen molar-refractivity contribution in [1.29, 1.82) is 10.5 Å². The van der Waals surface area contributed by atoms with Crippen LogP contribution in [0.25, 0.3) is 0 Å². The van der Waals surface area contributed by atoms with Gasteiger partial charge in [0.25, 0.3) is 0 Å². The molecule has 0 aromatic rings. The minimum absolute atomic E-state index is 0.116. The molecule has 0 spiro atoms. The molecule has 0 heterocycles. The van der Waals surface area contributed by atoms with Crippen LogP contribution in [0.3, 0.4) is 0 Å². The van der Waals surface area contributed by atoms with E-state index in [4.69, 9.17) is 10.5 Å². The summed E-state index contributed by atoms with van der Waals surface area (Å²) in [5.74, 6) is -0.374. The second kappa shape index (κ2) is 4.94. The van der Waals surface area contributed by atoms with Crippen LogP contribution in [0.15, 0.2) is 0 Å². The maximum absolute atomic E-state index is 11.5. The topological polar surface area (TPSA) is 85.0 Å². The van der Waals surface area contributed by atoms with Gasteiger partial charge in [0.05, 0.1) is 18.1 Å². The average Bonchev–Trinajstić information content (AvgIpc) is 2.15. The van der Waals surface area contributed by atoms with Gasteiger partial charge in [-0.15, -0.1) is 0 Å². The third-order valence-electron chi connectivity index (χ3n) is 1.81. The Kier molecular flexibility index (Phi) is 4.55. The third kappa shape index (κ3) is 2.99. The van der Waals surface area contributed by atoms with Crippen LogP contribution in [-0.2, 0) is 10.0 Å². The van der Waals surface area contributed by atoms with Gasteiger partial charge in [0, 0.05) is 13.6 Å². The standard InChI is InChI=1S/C8H13N3O2S/c1-7(4-9)6-11(3)14(12,13)8(2)5-10/h7-8H,6H2,1-3H3. The highest BCUT2D eigenvalue weighted by molar-refractivity contribution is 7.89. The van der Waals surface area contributed by atoms with Crippen LogP contribution in [0.4, 0.5) is 0 Å². The summed E-state index contributed by atoms with van der Waals surface area (Å²) in [7, 11) is -2.20. The maximum atomic E-state index is 11.5. The van der Waals surface area contributed by atoms with E-state index in [1.807, 2.05) is 6.07 Å². The van der Waals surface area contributed by atoms with Crippen molar-refractivity contribution >= 4 is 10.0 Å². The van der Waals surface area contributed by atoms with E-state index in [9.17, 15) is 8.42 Å². The molecule has 0 aromatic heterocycles. The Morgan fingerprint density at radius 3 is 2.14 bits per heavy atom. The number of nitrogens with zero attached hydrogens (tertiary/aromatic N) is 3. The van der Waals surface area contributed by atoms with Crippen LogP contribution in [0, 0.1) is 28.6 Å². The molecule has 0 amide bonds. The van der Waals surface area contributed by atoms with E-state index in [0.717, 1.165) is 4.31 Å². The number of rotatable bonds is 4. The van der Waals surface area contributed by atoms with Crippen molar-refractivity contribution in [2.75, 3.05) is 13.6 Å². The molecule has 2 unspecified atom stereocenters. The highest BCUT2D eigenvalue weighted by atomic mass is 32.2. The molecule has 0 saturated heterocycles. The minimum atomic E-state index is -3.57. The van der Waals surface area contributed by atoms with Crippen LogP contribution in [0.5, 0.6) is 0 Å². The van der Waals surface area contributed by atoms with Crippen molar-refractivity contribution < 1.29 is 8.42 Å². The highest BCUT2D eigenvalue weighted by Gasteiger charge is 2.26. The first-order valence-corrected chi connectivity index (χ1v) is 5.61. The number of hydrogen-bond acceptors (Lipinski definition) is 4. The molecule has 14 heavy (non-hydrogen) atoms. The van der Waals surface area contributed by atoms with Gasteiger partial charge in [-0.2, -0.15) is 10.5 Å². The molecule has 5 nitrogen and oxygen atoms in total. The quantitative estimate of drug-likeness (QED) is 0.676. The Morgan fingerprint density at radius 1 is 1.29 bits per heavy atom. The van der Waals surface area contributed by atoms with Crippen molar-refractivity contribution in [2.45, 2.75) is 19.1 Å². The second-order valence-electron chi connectivity index (χ2n) is 3.13. The predicted octanol–water partition coefficient (Wildman–Crippen LogP) is 0.320. The molecule has 0 fully saturated rings. The van der Waals surface area contributed by atoms with Crippen molar-refractivity contribution in [2.24, 2.45) is 5.92 Å². The Labute approximate surface area is 84.6 Å². The fourth-order valence-corrected chi connectivity index (χ4v) is 1.97. The van der Waals surface area contributed by atoms with E-state index >= 15 is 0 Å². The van der Waals surface area contributed by atoms with Crippen LogP contribution in [-0.4, -0.2) is 31.6 Å². The molecule has 0 bridgehead atoms. The zero-order chi connectivity index (χ0) is 11.4. The summed E-state index contributed by atoms with van der Waals surface area (Å²) in [6, 6.07) is 3.60. The summed E-state index contributed by atoms with van der Waals surface area (Å²) in [5, 5.41) is 15.9. The van der Waals surface area contributed by atoms with E-state index < -0.39 is 15.3 Å². The van der Waals surface area contributed by atoms with Gasteiger partial charge in [-0.25, -0.2) is 12.7 Å². The van der Waals surface area contributed by atoms with Crippen molar-refractivity contribution in [3.8, 4) is 12.1 Å². The van der Waals surface area contributed by atoms with Crippen LogP contribution in [0.2, 0.25) is 0 Å². The van der Waals surface area contributed by atoms with Crippen LogP contribution < -0.4 is 0 Å². The minimum Gasteiger partial charge on any atom is -0.211 e. The summed E-state index contributed by atoms with van der Waals surface area (Å²) in [5.41, 5.74) is 0. The summed E-state index contributed by atoms with van der Waals surface area (Å²) in [6.07, 6.45) is 0. The predicted molar refractivity (Wildman–Crippen MR) is 51.4 cm³/mol. The van der Waals surface area contributed by atoms with Gasteiger partial charge in [-0.1, -0.05) is 0 Å². The maximum Gasteiger partial charge on any atom is 0.229 e. The molecule has 0 saturated carbocycles. The highest BCUT2D eigenvalue weighted by Crippen LogP contribution is 2.08. The van der Waals surface area contributed by atoms with Crippen LogP contribution in [0.1, 0.15) is 13.8 Å². The number of hydrogen-bond donors (Lipinski definition) is 0.